The van der Waals surface area contributed by atoms with E-state index in [-0.39, 0.29) is 0 Å². The topological polar surface area (TPSA) is 12.0 Å². The number of hydrogen-bond acceptors (Lipinski definition) is 1. The molecule has 0 aliphatic carbocycles. The number of unbranched alkanes of at least 4 members (excludes halogenated alkanes) is 2. The molecule has 124 valence electrons. The van der Waals surface area contributed by atoms with Crippen molar-refractivity contribution in [3.05, 3.63) is 77.9 Å². The average molecular weight is 317 g/mol. The summed E-state index contributed by atoms with van der Waals surface area (Å²) in [5, 5.41) is 6.17. The summed E-state index contributed by atoms with van der Waals surface area (Å²) in [7, 11) is 0. The molecule has 0 aromatic heterocycles. The van der Waals surface area contributed by atoms with E-state index in [9.17, 15) is 0 Å². The van der Waals surface area contributed by atoms with E-state index in [1.54, 1.807) is 0 Å². The van der Waals surface area contributed by atoms with Crippen LogP contribution in [-0.4, -0.2) is 6.54 Å². The zero-order valence-electron chi connectivity index (χ0n) is 14.6. The van der Waals surface area contributed by atoms with Crippen molar-refractivity contribution < 1.29 is 0 Å². The Bertz CT molecular complexity index is 758. The number of aryl methyl sites for hydroxylation is 1. The maximum absolute atomic E-state index is 3.54. The van der Waals surface area contributed by atoms with Crippen LogP contribution in [-0.2, 0) is 12.8 Å². The highest BCUT2D eigenvalue weighted by atomic mass is 14.9. The van der Waals surface area contributed by atoms with E-state index in [4.69, 9.17) is 0 Å². The minimum Gasteiger partial charge on any atom is -0.385 e. The van der Waals surface area contributed by atoms with E-state index in [2.05, 4.69) is 79.0 Å². The Morgan fingerprint density at radius 3 is 2.25 bits per heavy atom. The number of hydrogen-bond donors (Lipinski definition) is 1. The van der Waals surface area contributed by atoms with Gasteiger partial charge in [0.2, 0.25) is 0 Å². The van der Waals surface area contributed by atoms with Gasteiger partial charge in [0, 0.05) is 12.2 Å². The first-order valence-electron chi connectivity index (χ1n) is 9.15. The molecule has 1 heteroatoms. The Morgan fingerprint density at radius 1 is 0.708 bits per heavy atom. The van der Waals surface area contributed by atoms with Crippen molar-refractivity contribution in [2.75, 3.05) is 11.9 Å². The first-order valence-corrected chi connectivity index (χ1v) is 9.15. The van der Waals surface area contributed by atoms with Crippen LogP contribution in [0.25, 0.3) is 10.8 Å². The van der Waals surface area contributed by atoms with Crippen molar-refractivity contribution >= 4 is 16.5 Å². The standard InChI is InChI=1S/C23H27N/c1-2-3-4-7-19-11-14-23(15-12-19)24-17-16-20-10-13-21-8-5-6-9-22(21)18-20/h5-6,8-15,18,24H,2-4,7,16-17H2,1H3. The number of nitrogens with one attached hydrogen (secondary N) is 1. The molecule has 0 saturated carbocycles. The fourth-order valence-electron chi connectivity index (χ4n) is 3.11. The highest BCUT2D eigenvalue weighted by Gasteiger charge is 1.98. The van der Waals surface area contributed by atoms with Gasteiger partial charge in [0.1, 0.15) is 0 Å². The Balaban J connectivity index is 1.50. The molecular formula is C23H27N. The van der Waals surface area contributed by atoms with Crippen LogP contribution in [0.2, 0.25) is 0 Å². The van der Waals surface area contributed by atoms with Crippen molar-refractivity contribution in [1.29, 1.82) is 0 Å². The van der Waals surface area contributed by atoms with Crippen LogP contribution in [0.4, 0.5) is 5.69 Å². The van der Waals surface area contributed by atoms with Gasteiger partial charge in [-0.3, -0.25) is 0 Å². The lowest BCUT2D eigenvalue weighted by Crippen LogP contribution is -2.04. The third kappa shape index (κ3) is 4.61. The minimum atomic E-state index is 0.966. The van der Waals surface area contributed by atoms with E-state index >= 15 is 0 Å². The van der Waals surface area contributed by atoms with Gasteiger partial charge in [0.25, 0.3) is 0 Å². The molecule has 1 nitrogen and oxygen atoms in total. The highest BCUT2D eigenvalue weighted by molar-refractivity contribution is 5.83. The summed E-state index contributed by atoms with van der Waals surface area (Å²) in [6.07, 6.45) is 6.15. The number of benzene rings is 3. The van der Waals surface area contributed by atoms with Gasteiger partial charge in [0.05, 0.1) is 0 Å². The SMILES string of the molecule is CCCCCc1ccc(NCCc2ccc3ccccc3c2)cc1. The van der Waals surface area contributed by atoms with Gasteiger partial charge in [-0.15, -0.1) is 0 Å². The van der Waals surface area contributed by atoms with Gasteiger partial charge in [-0.25, -0.2) is 0 Å². The molecule has 0 amide bonds. The van der Waals surface area contributed by atoms with Gasteiger partial charge in [-0.05, 0) is 53.3 Å². The first-order chi connectivity index (χ1) is 11.8. The maximum atomic E-state index is 3.54. The summed E-state index contributed by atoms with van der Waals surface area (Å²) in [6, 6.07) is 24.2. The Kier molecular flexibility index (Phi) is 5.90. The molecule has 0 fully saturated rings. The lowest BCUT2D eigenvalue weighted by molar-refractivity contribution is 0.717. The highest BCUT2D eigenvalue weighted by Crippen LogP contribution is 2.16. The molecule has 0 bridgehead atoms. The molecule has 24 heavy (non-hydrogen) atoms. The molecule has 0 unspecified atom stereocenters. The predicted octanol–water partition coefficient (Wildman–Crippen LogP) is 6.23. The normalized spacial score (nSPS) is 10.9. The zero-order valence-corrected chi connectivity index (χ0v) is 14.6. The Morgan fingerprint density at radius 2 is 1.46 bits per heavy atom. The van der Waals surface area contributed by atoms with E-state index in [0.29, 0.717) is 0 Å². The van der Waals surface area contributed by atoms with E-state index in [0.717, 1.165) is 13.0 Å². The molecule has 3 aromatic rings. The molecular weight excluding hydrogens is 290 g/mol. The second kappa shape index (κ2) is 8.54. The molecule has 0 heterocycles. The molecule has 0 atom stereocenters. The number of rotatable bonds is 8. The molecule has 3 rings (SSSR count). The summed E-state index contributed by atoms with van der Waals surface area (Å²) in [6.45, 7) is 3.22. The van der Waals surface area contributed by atoms with Crippen LogP contribution in [0, 0.1) is 0 Å². The number of fused-ring (bicyclic) bond motifs is 1. The van der Waals surface area contributed by atoms with E-state index in [1.165, 1.54) is 53.3 Å². The summed E-state index contributed by atoms with van der Waals surface area (Å²) in [5.74, 6) is 0. The second-order valence-electron chi connectivity index (χ2n) is 6.51. The fourth-order valence-corrected chi connectivity index (χ4v) is 3.11. The number of anilines is 1. The average Bonchev–Trinajstić information content (AvgIpc) is 2.63. The third-order valence-electron chi connectivity index (χ3n) is 4.58. The predicted molar refractivity (Wildman–Crippen MR) is 106 cm³/mol. The smallest absolute Gasteiger partial charge is 0.0340 e. The molecule has 0 aliphatic rings. The van der Waals surface area contributed by atoms with Crippen LogP contribution in [0.5, 0.6) is 0 Å². The fraction of sp³-hybridized carbons (Fsp3) is 0.304. The van der Waals surface area contributed by atoms with Crippen molar-refractivity contribution in [2.24, 2.45) is 0 Å². The van der Waals surface area contributed by atoms with Crippen molar-refractivity contribution in [3.63, 3.8) is 0 Å². The molecule has 0 aliphatic heterocycles. The van der Waals surface area contributed by atoms with Crippen LogP contribution in [0.1, 0.15) is 37.3 Å². The molecule has 0 spiro atoms. The van der Waals surface area contributed by atoms with Gasteiger partial charge >= 0.3 is 0 Å². The summed E-state index contributed by atoms with van der Waals surface area (Å²) < 4.78 is 0. The quantitative estimate of drug-likeness (QED) is 0.486. The van der Waals surface area contributed by atoms with Crippen LogP contribution < -0.4 is 5.32 Å². The maximum Gasteiger partial charge on any atom is 0.0340 e. The zero-order chi connectivity index (χ0) is 16.6. The monoisotopic (exact) mass is 317 g/mol. The van der Waals surface area contributed by atoms with Crippen LogP contribution in [0.3, 0.4) is 0 Å². The van der Waals surface area contributed by atoms with Gasteiger partial charge in [0.15, 0.2) is 0 Å². The lowest BCUT2D eigenvalue weighted by atomic mass is 10.0. The molecule has 0 saturated heterocycles. The largest absolute Gasteiger partial charge is 0.385 e. The Labute approximate surface area is 145 Å². The van der Waals surface area contributed by atoms with Crippen molar-refractivity contribution in [1.82, 2.24) is 0 Å². The summed E-state index contributed by atoms with van der Waals surface area (Å²) >= 11 is 0. The van der Waals surface area contributed by atoms with Crippen LogP contribution >= 0.6 is 0 Å². The van der Waals surface area contributed by atoms with Gasteiger partial charge < -0.3 is 5.32 Å². The van der Waals surface area contributed by atoms with Crippen molar-refractivity contribution in [3.8, 4) is 0 Å². The second-order valence-corrected chi connectivity index (χ2v) is 6.51. The molecule has 3 aromatic carbocycles. The summed E-state index contributed by atoms with van der Waals surface area (Å²) in [5.41, 5.74) is 4.05. The Hall–Kier alpha value is -2.28. The first kappa shape index (κ1) is 16.6. The van der Waals surface area contributed by atoms with Crippen LogP contribution in [0.15, 0.2) is 66.7 Å². The minimum absolute atomic E-state index is 0.966. The molecule has 1 N–H and O–H groups in total. The third-order valence-corrected chi connectivity index (χ3v) is 4.58. The van der Waals surface area contributed by atoms with Crippen molar-refractivity contribution in [2.45, 2.75) is 39.0 Å². The van der Waals surface area contributed by atoms with E-state index in [1.807, 2.05) is 0 Å². The lowest BCUT2D eigenvalue weighted by Gasteiger charge is -2.08. The summed E-state index contributed by atoms with van der Waals surface area (Å²) in [4.78, 5) is 0. The van der Waals surface area contributed by atoms with Gasteiger partial charge in [-0.2, -0.15) is 0 Å². The molecule has 0 radical (unpaired) electrons. The van der Waals surface area contributed by atoms with Gasteiger partial charge in [-0.1, -0.05) is 74.4 Å². The van der Waals surface area contributed by atoms with E-state index < -0.39 is 0 Å².